The highest BCUT2D eigenvalue weighted by atomic mass is 127. The number of rotatable bonds is 6. The van der Waals surface area contributed by atoms with E-state index in [1.54, 1.807) is 6.07 Å². The molecule has 6 nitrogen and oxygen atoms in total. The third kappa shape index (κ3) is 5.24. The molecule has 0 spiro atoms. The number of hydrogen-bond acceptors (Lipinski definition) is 3. The Morgan fingerprint density at radius 2 is 2.07 bits per heavy atom. The molecule has 2 heterocycles. The van der Waals surface area contributed by atoms with Crippen LogP contribution in [0.2, 0.25) is 0 Å². The molecular weight excluding hydrogens is 455 g/mol. The number of halogens is 1. The summed E-state index contributed by atoms with van der Waals surface area (Å²) in [5, 5.41) is 6.25. The molecular formula is C20H27IN4O2. The van der Waals surface area contributed by atoms with Crippen LogP contribution >= 0.6 is 24.0 Å². The number of nitrogens with zero attached hydrogens (tertiary/aromatic N) is 2. The molecule has 1 aromatic heterocycles. The highest BCUT2D eigenvalue weighted by Crippen LogP contribution is 2.27. The minimum Gasteiger partial charge on any atom is -0.459 e. The summed E-state index contributed by atoms with van der Waals surface area (Å²) in [6, 6.07) is 10.2. The predicted octanol–water partition coefficient (Wildman–Crippen LogP) is 3.35. The Morgan fingerprint density at radius 1 is 1.26 bits per heavy atom. The average Bonchev–Trinajstić information content (AvgIpc) is 3.26. The fourth-order valence-electron chi connectivity index (χ4n) is 3.10. The lowest BCUT2D eigenvalue weighted by atomic mass is 10.2. The van der Waals surface area contributed by atoms with E-state index in [1.165, 1.54) is 17.5 Å². The number of hydrogen-bond donors (Lipinski definition) is 2. The largest absolute Gasteiger partial charge is 0.459 e. The van der Waals surface area contributed by atoms with Crippen molar-refractivity contribution in [3.63, 3.8) is 0 Å². The van der Waals surface area contributed by atoms with Crippen LogP contribution in [0, 0.1) is 6.92 Å². The molecule has 0 unspecified atom stereocenters. The molecule has 146 valence electrons. The van der Waals surface area contributed by atoms with Gasteiger partial charge >= 0.3 is 0 Å². The molecule has 0 bridgehead atoms. The number of anilines is 1. The van der Waals surface area contributed by atoms with Gasteiger partial charge in [-0.05, 0) is 44.4 Å². The van der Waals surface area contributed by atoms with Gasteiger partial charge < -0.3 is 20.0 Å². The summed E-state index contributed by atoms with van der Waals surface area (Å²) in [5.74, 6) is 1.12. The van der Waals surface area contributed by atoms with Crippen molar-refractivity contribution in [3.05, 3.63) is 53.5 Å². The summed E-state index contributed by atoms with van der Waals surface area (Å²) in [7, 11) is 0. The molecule has 0 saturated carbocycles. The van der Waals surface area contributed by atoms with Crippen molar-refractivity contribution < 1.29 is 9.21 Å². The first kappa shape index (κ1) is 21.3. The van der Waals surface area contributed by atoms with Gasteiger partial charge in [0.2, 0.25) is 0 Å². The zero-order chi connectivity index (χ0) is 18.4. The molecule has 7 heteroatoms. The summed E-state index contributed by atoms with van der Waals surface area (Å²) >= 11 is 0. The van der Waals surface area contributed by atoms with Crippen molar-refractivity contribution in [2.75, 3.05) is 31.1 Å². The molecule has 27 heavy (non-hydrogen) atoms. The first-order valence-electron chi connectivity index (χ1n) is 9.16. The van der Waals surface area contributed by atoms with E-state index >= 15 is 0 Å². The highest BCUT2D eigenvalue weighted by Gasteiger charge is 2.22. The molecule has 3 rings (SSSR count). The van der Waals surface area contributed by atoms with E-state index in [0.717, 1.165) is 37.5 Å². The lowest BCUT2D eigenvalue weighted by molar-refractivity contribution is 0.0925. The third-order valence-electron chi connectivity index (χ3n) is 4.43. The van der Waals surface area contributed by atoms with Crippen molar-refractivity contribution >= 4 is 41.5 Å². The molecule has 0 radical (unpaired) electrons. The highest BCUT2D eigenvalue weighted by molar-refractivity contribution is 14.0. The minimum absolute atomic E-state index is 0. The quantitative estimate of drug-likeness (QED) is 0.287. The van der Waals surface area contributed by atoms with Gasteiger partial charge in [-0.25, -0.2) is 0 Å². The van der Waals surface area contributed by atoms with Crippen molar-refractivity contribution in [2.24, 2.45) is 4.99 Å². The second-order valence-corrected chi connectivity index (χ2v) is 6.31. The fourth-order valence-corrected chi connectivity index (χ4v) is 3.10. The maximum absolute atomic E-state index is 12.0. The molecule has 1 amide bonds. The van der Waals surface area contributed by atoms with Crippen molar-refractivity contribution in [1.82, 2.24) is 10.6 Å². The van der Waals surface area contributed by atoms with Crippen LogP contribution < -0.4 is 15.5 Å². The molecule has 2 aromatic rings. The van der Waals surface area contributed by atoms with Gasteiger partial charge in [-0.15, -0.1) is 24.0 Å². The maximum atomic E-state index is 12.0. The Morgan fingerprint density at radius 3 is 2.81 bits per heavy atom. The van der Waals surface area contributed by atoms with Crippen LogP contribution in [0.1, 0.15) is 35.0 Å². The molecule has 0 saturated heterocycles. The zero-order valence-electron chi connectivity index (χ0n) is 15.8. The Kier molecular flexibility index (Phi) is 8.15. The molecule has 2 N–H and O–H groups in total. The van der Waals surface area contributed by atoms with Gasteiger partial charge in [0.05, 0.1) is 6.26 Å². The van der Waals surface area contributed by atoms with E-state index in [0.29, 0.717) is 18.8 Å². The Bertz CT molecular complexity index is 788. The van der Waals surface area contributed by atoms with Gasteiger partial charge in [0, 0.05) is 37.4 Å². The van der Waals surface area contributed by atoms with Crippen molar-refractivity contribution in [2.45, 2.75) is 26.7 Å². The summed E-state index contributed by atoms with van der Waals surface area (Å²) < 4.78 is 5.20. The van der Waals surface area contributed by atoms with Gasteiger partial charge in [-0.2, -0.15) is 0 Å². The second-order valence-electron chi connectivity index (χ2n) is 6.31. The van der Waals surface area contributed by atoms with Crippen molar-refractivity contribution in [1.29, 1.82) is 0 Å². The van der Waals surface area contributed by atoms with Crippen LogP contribution in [0.4, 0.5) is 5.69 Å². The number of carbonyl (C=O) groups is 1. The van der Waals surface area contributed by atoms with E-state index < -0.39 is 0 Å². The van der Waals surface area contributed by atoms with Crippen LogP contribution in [-0.2, 0) is 6.42 Å². The summed E-state index contributed by atoms with van der Waals surface area (Å²) in [4.78, 5) is 19.0. The van der Waals surface area contributed by atoms with E-state index in [4.69, 9.17) is 9.41 Å². The number of aryl methyl sites for hydroxylation is 1. The first-order chi connectivity index (χ1) is 12.7. The Balaban J connectivity index is 0.00000261. The molecule has 1 aromatic carbocycles. The lowest BCUT2D eigenvalue weighted by Crippen LogP contribution is -2.40. The van der Waals surface area contributed by atoms with E-state index in [2.05, 4.69) is 46.7 Å². The second kappa shape index (κ2) is 10.3. The predicted molar refractivity (Wildman–Crippen MR) is 119 cm³/mol. The first-order valence-corrected chi connectivity index (χ1v) is 9.16. The number of carbonyl (C=O) groups excluding carboxylic acids is 1. The number of aliphatic imine (C=N–C) groups is 1. The molecule has 0 fully saturated rings. The zero-order valence-corrected chi connectivity index (χ0v) is 18.2. The van der Waals surface area contributed by atoms with E-state index in [9.17, 15) is 4.79 Å². The van der Waals surface area contributed by atoms with Crippen molar-refractivity contribution in [3.8, 4) is 0 Å². The maximum Gasteiger partial charge on any atom is 0.287 e. The number of nitrogens with one attached hydrogen (secondary N) is 2. The van der Waals surface area contributed by atoms with Crippen LogP contribution in [-0.4, -0.2) is 38.0 Å². The lowest BCUT2D eigenvalue weighted by Gasteiger charge is -2.22. The topological polar surface area (TPSA) is 69.9 Å². The summed E-state index contributed by atoms with van der Waals surface area (Å²) in [5.41, 5.74) is 3.44. The van der Waals surface area contributed by atoms with Gasteiger partial charge in [0.25, 0.3) is 5.91 Å². The van der Waals surface area contributed by atoms with Crippen LogP contribution in [0.15, 0.2) is 46.0 Å². The molecule has 0 atom stereocenters. The molecule has 1 aliphatic rings. The smallest absolute Gasteiger partial charge is 0.287 e. The number of para-hydroxylation sites is 1. The normalized spacial score (nSPS) is 13.1. The summed E-state index contributed by atoms with van der Waals surface area (Å²) in [6.07, 6.45) is 3.35. The van der Waals surface area contributed by atoms with Gasteiger partial charge in [0.1, 0.15) is 0 Å². The van der Waals surface area contributed by atoms with Crippen LogP contribution in [0.25, 0.3) is 0 Å². The monoisotopic (exact) mass is 482 g/mol. The number of amides is 1. The standard InChI is InChI=1S/C20H26N4O2.HI/c1-3-21-20(24-13-9-16-7-4-5-8-17(16)24)23-12-6-11-22-19(25)18-15(2)10-14-26-18;/h4-5,7-8,10,14H,3,6,9,11-13H2,1-2H3,(H,21,23)(H,22,25);1H. The van der Waals surface area contributed by atoms with E-state index in [-0.39, 0.29) is 29.9 Å². The molecule has 1 aliphatic heterocycles. The Hall–Kier alpha value is -2.03. The van der Waals surface area contributed by atoms with Gasteiger partial charge in [-0.3, -0.25) is 9.79 Å². The fraction of sp³-hybridized carbons (Fsp3) is 0.400. The van der Waals surface area contributed by atoms with E-state index in [1.807, 2.05) is 6.92 Å². The van der Waals surface area contributed by atoms with Crippen LogP contribution in [0.5, 0.6) is 0 Å². The average molecular weight is 482 g/mol. The number of furan rings is 1. The molecule has 0 aliphatic carbocycles. The van der Waals surface area contributed by atoms with Crippen LogP contribution in [0.3, 0.4) is 0 Å². The SMILES string of the molecule is CCNC(=NCCCNC(=O)c1occc1C)N1CCc2ccccc21.I. The third-order valence-corrected chi connectivity index (χ3v) is 4.43. The summed E-state index contributed by atoms with van der Waals surface area (Å²) in [6.45, 7) is 6.92. The number of guanidine groups is 1. The van der Waals surface area contributed by atoms with Gasteiger partial charge in [0.15, 0.2) is 11.7 Å². The number of benzene rings is 1. The van der Waals surface area contributed by atoms with Gasteiger partial charge in [-0.1, -0.05) is 18.2 Å². The number of fused-ring (bicyclic) bond motifs is 1. The Labute approximate surface area is 177 Å². The minimum atomic E-state index is -0.170.